The average molecular weight is 330 g/mol. The predicted octanol–water partition coefficient (Wildman–Crippen LogP) is 2.96. The third-order valence-corrected chi connectivity index (χ3v) is 3.02. The van der Waals surface area contributed by atoms with Crippen LogP contribution >= 0.6 is 0 Å². The molecule has 2 aromatic rings. The van der Waals surface area contributed by atoms with Crippen molar-refractivity contribution in [3.8, 4) is 0 Å². The SMILES string of the molecule is CCNc1ccc(C(=O)OC)cc1.COC(=O)c1ccc(N)cc1. The Hall–Kier alpha value is -3.02. The summed E-state index contributed by atoms with van der Waals surface area (Å²) < 4.78 is 9.07. The van der Waals surface area contributed by atoms with Gasteiger partial charge in [0, 0.05) is 17.9 Å². The first-order chi connectivity index (χ1) is 11.5. The zero-order chi connectivity index (χ0) is 17.9. The van der Waals surface area contributed by atoms with Crippen LogP contribution in [0.1, 0.15) is 27.6 Å². The number of methoxy groups -OCH3 is 2. The van der Waals surface area contributed by atoms with Crippen molar-refractivity contribution in [3.05, 3.63) is 59.7 Å². The summed E-state index contributed by atoms with van der Waals surface area (Å²) in [6.07, 6.45) is 0. The molecule has 0 bridgehead atoms. The third-order valence-electron chi connectivity index (χ3n) is 3.02. The summed E-state index contributed by atoms with van der Waals surface area (Å²) in [5.74, 6) is -0.645. The van der Waals surface area contributed by atoms with Gasteiger partial charge in [-0.3, -0.25) is 0 Å². The number of nitrogens with two attached hydrogens (primary N) is 1. The largest absolute Gasteiger partial charge is 0.465 e. The van der Waals surface area contributed by atoms with E-state index in [0.717, 1.165) is 12.2 Å². The number of carbonyl (C=O) groups excluding carboxylic acids is 2. The molecule has 0 heterocycles. The Bertz CT molecular complexity index is 652. The summed E-state index contributed by atoms with van der Waals surface area (Å²) in [5.41, 5.74) is 8.15. The van der Waals surface area contributed by atoms with E-state index in [0.29, 0.717) is 16.8 Å². The molecule has 0 amide bonds. The van der Waals surface area contributed by atoms with E-state index in [4.69, 9.17) is 5.73 Å². The van der Waals surface area contributed by atoms with Crippen molar-refractivity contribution in [1.82, 2.24) is 0 Å². The highest BCUT2D eigenvalue weighted by atomic mass is 16.5. The maximum atomic E-state index is 11.0. The summed E-state index contributed by atoms with van der Waals surface area (Å²) >= 11 is 0. The van der Waals surface area contributed by atoms with Crippen molar-refractivity contribution in [2.75, 3.05) is 31.8 Å². The van der Waals surface area contributed by atoms with Crippen LogP contribution in [0.5, 0.6) is 0 Å². The molecule has 0 aliphatic carbocycles. The lowest BCUT2D eigenvalue weighted by Gasteiger charge is -2.03. The fourth-order valence-electron chi connectivity index (χ4n) is 1.78. The first kappa shape index (κ1) is 19.0. The number of carbonyl (C=O) groups is 2. The van der Waals surface area contributed by atoms with Gasteiger partial charge in [0.15, 0.2) is 0 Å². The van der Waals surface area contributed by atoms with E-state index in [1.807, 2.05) is 19.1 Å². The van der Waals surface area contributed by atoms with Crippen LogP contribution in [-0.4, -0.2) is 32.7 Å². The molecule has 6 heteroatoms. The molecule has 0 radical (unpaired) electrons. The van der Waals surface area contributed by atoms with Crippen LogP contribution in [0.2, 0.25) is 0 Å². The number of anilines is 2. The molecule has 0 atom stereocenters. The van der Waals surface area contributed by atoms with E-state index < -0.39 is 0 Å². The van der Waals surface area contributed by atoms with Crippen LogP contribution in [0.25, 0.3) is 0 Å². The molecule has 0 unspecified atom stereocenters. The number of nitrogens with one attached hydrogen (secondary N) is 1. The second-order valence-corrected chi connectivity index (χ2v) is 4.71. The quantitative estimate of drug-likeness (QED) is 0.661. The Labute approximate surface area is 141 Å². The molecule has 0 spiro atoms. The Kier molecular flexibility index (Phi) is 7.84. The second-order valence-electron chi connectivity index (χ2n) is 4.71. The van der Waals surface area contributed by atoms with Crippen molar-refractivity contribution in [2.45, 2.75) is 6.92 Å². The van der Waals surface area contributed by atoms with Gasteiger partial charge in [0.05, 0.1) is 25.3 Å². The topological polar surface area (TPSA) is 90.6 Å². The van der Waals surface area contributed by atoms with E-state index in [1.165, 1.54) is 14.2 Å². The number of rotatable bonds is 4. The van der Waals surface area contributed by atoms with Crippen LogP contribution in [-0.2, 0) is 9.47 Å². The molecule has 2 aromatic carbocycles. The maximum absolute atomic E-state index is 11.0. The molecule has 24 heavy (non-hydrogen) atoms. The third kappa shape index (κ3) is 6.00. The van der Waals surface area contributed by atoms with Crippen molar-refractivity contribution < 1.29 is 19.1 Å². The van der Waals surface area contributed by atoms with Crippen LogP contribution in [0.4, 0.5) is 11.4 Å². The lowest BCUT2D eigenvalue weighted by molar-refractivity contribution is 0.0592. The summed E-state index contributed by atoms with van der Waals surface area (Å²) in [6, 6.07) is 13.8. The van der Waals surface area contributed by atoms with Crippen LogP contribution in [0.15, 0.2) is 48.5 Å². The molecule has 0 saturated carbocycles. The molecule has 6 nitrogen and oxygen atoms in total. The van der Waals surface area contributed by atoms with Crippen LogP contribution < -0.4 is 11.1 Å². The Morgan fingerprint density at radius 1 is 0.875 bits per heavy atom. The second kappa shape index (κ2) is 9.89. The fourth-order valence-corrected chi connectivity index (χ4v) is 1.78. The highest BCUT2D eigenvalue weighted by Gasteiger charge is 2.03. The van der Waals surface area contributed by atoms with Crippen molar-refractivity contribution in [2.24, 2.45) is 0 Å². The normalized spacial score (nSPS) is 9.29. The van der Waals surface area contributed by atoms with Crippen molar-refractivity contribution >= 4 is 23.3 Å². The van der Waals surface area contributed by atoms with E-state index in [2.05, 4.69) is 14.8 Å². The Balaban J connectivity index is 0.000000243. The van der Waals surface area contributed by atoms with Gasteiger partial charge in [0.2, 0.25) is 0 Å². The maximum Gasteiger partial charge on any atom is 0.337 e. The number of nitrogen functional groups attached to an aromatic ring is 1. The molecule has 0 aliphatic heterocycles. The first-order valence-corrected chi connectivity index (χ1v) is 7.38. The summed E-state index contributed by atoms with van der Waals surface area (Å²) in [5, 5.41) is 3.14. The molecule has 0 saturated heterocycles. The van der Waals surface area contributed by atoms with Crippen molar-refractivity contribution in [3.63, 3.8) is 0 Å². The van der Waals surface area contributed by atoms with Gasteiger partial charge < -0.3 is 20.5 Å². The smallest absolute Gasteiger partial charge is 0.337 e. The number of esters is 2. The van der Waals surface area contributed by atoms with E-state index in [9.17, 15) is 9.59 Å². The van der Waals surface area contributed by atoms with Crippen molar-refractivity contribution in [1.29, 1.82) is 0 Å². The van der Waals surface area contributed by atoms with E-state index >= 15 is 0 Å². The van der Waals surface area contributed by atoms with Crippen LogP contribution in [0, 0.1) is 0 Å². The van der Waals surface area contributed by atoms with Gasteiger partial charge in [0.1, 0.15) is 0 Å². The van der Waals surface area contributed by atoms with Gasteiger partial charge in [-0.1, -0.05) is 0 Å². The van der Waals surface area contributed by atoms with Crippen LogP contribution in [0.3, 0.4) is 0 Å². The average Bonchev–Trinajstić information content (AvgIpc) is 2.62. The first-order valence-electron chi connectivity index (χ1n) is 7.38. The van der Waals surface area contributed by atoms with E-state index in [-0.39, 0.29) is 11.9 Å². The van der Waals surface area contributed by atoms with Gasteiger partial charge in [0.25, 0.3) is 0 Å². The molecule has 2 rings (SSSR count). The summed E-state index contributed by atoms with van der Waals surface area (Å²) in [4.78, 5) is 21.9. The lowest BCUT2D eigenvalue weighted by atomic mass is 10.2. The highest BCUT2D eigenvalue weighted by molar-refractivity contribution is 5.90. The minimum absolute atomic E-state index is 0.303. The molecular formula is C18H22N2O4. The zero-order valence-corrected chi connectivity index (χ0v) is 14.0. The number of hydrogen-bond acceptors (Lipinski definition) is 6. The van der Waals surface area contributed by atoms with Gasteiger partial charge in [-0.2, -0.15) is 0 Å². The molecule has 0 fully saturated rings. The predicted molar refractivity (Wildman–Crippen MR) is 94.1 cm³/mol. The molecule has 0 aliphatic rings. The standard InChI is InChI=1S/C10H13NO2.C8H9NO2/c1-3-11-9-6-4-8(5-7-9)10(12)13-2;1-11-8(10)6-2-4-7(9)5-3-6/h4-7,11H,3H2,1-2H3;2-5H,9H2,1H3. The zero-order valence-electron chi connectivity index (χ0n) is 14.0. The van der Waals surface area contributed by atoms with Gasteiger partial charge in [-0.25, -0.2) is 9.59 Å². The summed E-state index contributed by atoms with van der Waals surface area (Å²) in [6.45, 7) is 2.89. The minimum atomic E-state index is -0.343. The number of hydrogen-bond donors (Lipinski definition) is 2. The monoisotopic (exact) mass is 330 g/mol. The van der Waals surface area contributed by atoms with Gasteiger partial charge in [-0.05, 0) is 55.5 Å². The molecule has 128 valence electrons. The Morgan fingerprint density at radius 2 is 1.29 bits per heavy atom. The number of ether oxygens (including phenoxy) is 2. The fraction of sp³-hybridized carbons (Fsp3) is 0.222. The number of benzene rings is 2. The van der Waals surface area contributed by atoms with E-state index in [1.54, 1.807) is 36.4 Å². The molecule has 0 aromatic heterocycles. The van der Waals surface area contributed by atoms with Gasteiger partial charge in [-0.15, -0.1) is 0 Å². The minimum Gasteiger partial charge on any atom is -0.465 e. The van der Waals surface area contributed by atoms with Gasteiger partial charge >= 0.3 is 11.9 Å². The molecular weight excluding hydrogens is 308 g/mol. The summed E-state index contributed by atoms with van der Waals surface area (Å²) in [7, 11) is 2.72. The highest BCUT2D eigenvalue weighted by Crippen LogP contribution is 2.09. The lowest BCUT2D eigenvalue weighted by Crippen LogP contribution is -2.01. The molecule has 3 N–H and O–H groups in total. The Morgan fingerprint density at radius 3 is 1.67 bits per heavy atom.